The molecule has 0 fully saturated rings. The second-order valence-electron chi connectivity index (χ2n) is 5.56. The van der Waals surface area contributed by atoms with Crippen LogP contribution in [0.5, 0.6) is 0 Å². The highest BCUT2D eigenvalue weighted by molar-refractivity contribution is 7.89. The van der Waals surface area contributed by atoms with E-state index in [0.29, 0.717) is 11.4 Å². The molecule has 0 saturated carbocycles. The lowest BCUT2D eigenvalue weighted by molar-refractivity contribution is -0.117. The molecule has 1 unspecified atom stereocenters. The Bertz CT molecular complexity index is 854. The first-order valence-electron chi connectivity index (χ1n) is 7.24. The van der Waals surface area contributed by atoms with Crippen molar-refractivity contribution in [3.8, 4) is 0 Å². The van der Waals surface area contributed by atoms with E-state index < -0.39 is 22.0 Å². The molecule has 0 aliphatic carbocycles. The summed E-state index contributed by atoms with van der Waals surface area (Å²) in [6, 6.07) is 4.10. The molecule has 1 amide bonds. The quantitative estimate of drug-likeness (QED) is 0.700. The van der Waals surface area contributed by atoms with Gasteiger partial charge in [0.25, 0.3) is 0 Å². The molecule has 1 atom stereocenters. The lowest BCUT2D eigenvalue weighted by Gasteiger charge is -2.15. The summed E-state index contributed by atoms with van der Waals surface area (Å²) in [5.74, 6) is -0.335. The molecule has 2 aromatic rings. The van der Waals surface area contributed by atoms with E-state index in [4.69, 9.17) is 10.3 Å². The van der Waals surface area contributed by atoms with Crippen LogP contribution in [0.15, 0.2) is 27.6 Å². The Labute approximate surface area is 140 Å². The lowest BCUT2D eigenvalue weighted by atomic mass is 10.1. The van der Waals surface area contributed by atoms with Gasteiger partial charge in [0.1, 0.15) is 10.6 Å². The van der Waals surface area contributed by atoms with Gasteiger partial charge >= 0.3 is 0 Å². The fourth-order valence-electron chi connectivity index (χ4n) is 2.22. The second-order valence-corrected chi connectivity index (χ2v) is 7.21. The van der Waals surface area contributed by atoms with Crippen LogP contribution < -0.4 is 15.8 Å². The van der Waals surface area contributed by atoms with Crippen LogP contribution >= 0.6 is 0 Å². The standard InChI is InChI=1S/C15H20N4O4S/c1-8-5-6-12(16)7-13(8)17-15(20)10(3)19-24(21,22)14-9(2)18-23-11(14)4/h5-7,10,19H,16H2,1-4H3,(H,17,20). The van der Waals surface area contributed by atoms with Crippen molar-refractivity contribution in [1.82, 2.24) is 9.88 Å². The van der Waals surface area contributed by atoms with Crippen LogP contribution in [0.2, 0.25) is 0 Å². The summed E-state index contributed by atoms with van der Waals surface area (Å²) in [7, 11) is -3.92. The third-order valence-electron chi connectivity index (χ3n) is 3.48. The van der Waals surface area contributed by atoms with Gasteiger partial charge in [0.05, 0.1) is 6.04 Å². The zero-order chi connectivity index (χ0) is 18.1. The minimum absolute atomic E-state index is 0.0534. The lowest BCUT2D eigenvalue weighted by Crippen LogP contribution is -2.41. The summed E-state index contributed by atoms with van der Waals surface area (Å²) >= 11 is 0. The van der Waals surface area contributed by atoms with Crippen LogP contribution in [0, 0.1) is 20.8 Å². The number of carbonyl (C=O) groups is 1. The monoisotopic (exact) mass is 352 g/mol. The molecule has 0 aliphatic heterocycles. The van der Waals surface area contributed by atoms with Crippen molar-refractivity contribution in [3.63, 3.8) is 0 Å². The fourth-order valence-corrected chi connectivity index (χ4v) is 3.75. The molecule has 4 N–H and O–H groups in total. The van der Waals surface area contributed by atoms with Crippen LogP contribution in [0.4, 0.5) is 11.4 Å². The maximum absolute atomic E-state index is 12.4. The molecule has 1 aromatic heterocycles. The SMILES string of the molecule is Cc1ccc(N)cc1NC(=O)C(C)NS(=O)(=O)c1c(C)noc1C. The first-order valence-corrected chi connectivity index (χ1v) is 8.72. The number of aromatic nitrogens is 1. The van der Waals surface area contributed by atoms with E-state index in [1.165, 1.54) is 20.8 Å². The largest absolute Gasteiger partial charge is 0.399 e. The van der Waals surface area contributed by atoms with Gasteiger partial charge in [-0.25, -0.2) is 8.42 Å². The van der Waals surface area contributed by atoms with Crippen molar-refractivity contribution in [2.24, 2.45) is 0 Å². The van der Waals surface area contributed by atoms with E-state index in [9.17, 15) is 13.2 Å². The molecule has 8 nitrogen and oxygen atoms in total. The van der Waals surface area contributed by atoms with Gasteiger partial charge in [0.15, 0.2) is 5.76 Å². The summed E-state index contributed by atoms with van der Waals surface area (Å²) in [6.45, 7) is 6.28. The number of sulfonamides is 1. The molecule has 24 heavy (non-hydrogen) atoms. The van der Waals surface area contributed by atoms with Crippen molar-refractivity contribution in [3.05, 3.63) is 35.2 Å². The molecule has 9 heteroatoms. The molecule has 2 rings (SSSR count). The highest BCUT2D eigenvalue weighted by Crippen LogP contribution is 2.20. The number of aryl methyl sites for hydroxylation is 3. The number of anilines is 2. The Balaban J connectivity index is 2.16. The van der Waals surface area contributed by atoms with Gasteiger partial charge in [-0.2, -0.15) is 4.72 Å². The number of benzene rings is 1. The smallest absolute Gasteiger partial charge is 0.246 e. The number of rotatable bonds is 5. The Morgan fingerprint density at radius 3 is 2.54 bits per heavy atom. The van der Waals surface area contributed by atoms with Crippen LogP contribution in [-0.2, 0) is 14.8 Å². The average molecular weight is 352 g/mol. The Kier molecular flexibility index (Phi) is 4.95. The number of hydrogen-bond acceptors (Lipinski definition) is 6. The fraction of sp³-hybridized carbons (Fsp3) is 0.333. The van der Waals surface area contributed by atoms with Gasteiger partial charge in [-0.05, 0) is 45.4 Å². The third-order valence-corrected chi connectivity index (χ3v) is 5.27. The van der Waals surface area contributed by atoms with Crippen LogP contribution in [-0.4, -0.2) is 25.5 Å². The molecule has 130 valence electrons. The maximum atomic E-state index is 12.4. The number of nitrogens with zero attached hydrogens (tertiary/aromatic N) is 1. The minimum Gasteiger partial charge on any atom is -0.399 e. The van der Waals surface area contributed by atoms with Crippen LogP contribution in [0.3, 0.4) is 0 Å². The molecule has 1 aromatic carbocycles. The van der Waals surface area contributed by atoms with Crippen molar-refractivity contribution in [2.75, 3.05) is 11.1 Å². The minimum atomic E-state index is -3.92. The number of carbonyl (C=O) groups excluding carboxylic acids is 1. The molecule has 0 bridgehead atoms. The van der Waals surface area contributed by atoms with Crippen molar-refractivity contribution >= 4 is 27.3 Å². The Morgan fingerprint density at radius 1 is 1.29 bits per heavy atom. The zero-order valence-electron chi connectivity index (χ0n) is 13.9. The van der Waals surface area contributed by atoms with E-state index in [-0.39, 0.29) is 16.3 Å². The number of hydrogen-bond donors (Lipinski definition) is 3. The molecule has 0 aliphatic rings. The Morgan fingerprint density at radius 2 is 1.96 bits per heavy atom. The molecule has 1 heterocycles. The predicted octanol–water partition coefficient (Wildman–Crippen LogP) is 1.49. The Hall–Kier alpha value is -2.39. The molecule has 0 spiro atoms. The predicted molar refractivity (Wildman–Crippen MR) is 90.0 cm³/mol. The molecule has 0 saturated heterocycles. The summed E-state index contributed by atoms with van der Waals surface area (Å²) in [5, 5.41) is 6.28. The van der Waals surface area contributed by atoms with E-state index in [1.54, 1.807) is 18.2 Å². The molecule has 0 radical (unpaired) electrons. The van der Waals surface area contributed by atoms with Gasteiger partial charge in [-0.3, -0.25) is 4.79 Å². The van der Waals surface area contributed by atoms with E-state index in [2.05, 4.69) is 15.2 Å². The molecular formula is C15H20N4O4S. The van der Waals surface area contributed by atoms with E-state index in [0.717, 1.165) is 5.56 Å². The van der Waals surface area contributed by atoms with Crippen LogP contribution in [0.25, 0.3) is 0 Å². The topological polar surface area (TPSA) is 127 Å². The number of nitrogens with two attached hydrogens (primary N) is 1. The maximum Gasteiger partial charge on any atom is 0.246 e. The highest BCUT2D eigenvalue weighted by Gasteiger charge is 2.28. The first-order chi connectivity index (χ1) is 11.1. The number of nitrogen functional groups attached to an aromatic ring is 1. The highest BCUT2D eigenvalue weighted by atomic mass is 32.2. The van der Waals surface area contributed by atoms with E-state index in [1.807, 2.05) is 6.92 Å². The number of amides is 1. The summed E-state index contributed by atoms with van der Waals surface area (Å²) < 4.78 is 32.0. The van der Waals surface area contributed by atoms with Gasteiger partial charge in [0.2, 0.25) is 15.9 Å². The zero-order valence-corrected chi connectivity index (χ0v) is 14.7. The van der Waals surface area contributed by atoms with Gasteiger partial charge in [-0.15, -0.1) is 0 Å². The molecular weight excluding hydrogens is 332 g/mol. The summed E-state index contributed by atoms with van der Waals surface area (Å²) in [4.78, 5) is 12.2. The second kappa shape index (κ2) is 6.62. The van der Waals surface area contributed by atoms with Gasteiger partial charge < -0.3 is 15.6 Å². The summed E-state index contributed by atoms with van der Waals surface area (Å²) in [6.07, 6.45) is 0. The van der Waals surface area contributed by atoms with Gasteiger partial charge in [-0.1, -0.05) is 11.2 Å². The normalized spacial score (nSPS) is 12.8. The van der Waals surface area contributed by atoms with Gasteiger partial charge in [0, 0.05) is 11.4 Å². The third kappa shape index (κ3) is 3.74. The van der Waals surface area contributed by atoms with E-state index >= 15 is 0 Å². The van der Waals surface area contributed by atoms with Crippen molar-refractivity contribution < 1.29 is 17.7 Å². The van der Waals surface area contributed by atoms with Crippen LogP contribution in [0.1, 0.15) is 23.9 Å². The van der Waals surface area contributed by atoms with Crippen molar-refractivity contribution in [2.45, 2.75) is 38.6 Å². The summed E-state index contributed by atoms with van der Waals surface area (Å²) in [5.41, 5.74) is 7.78. The average Bonchev–Trinajstić information content (AvgIpc) is 2.82. The first kappa shape index (κ1) is 18.0. The van der Waals surface area contributed by atoms with Crippen molar-refractivity contribution in [1.29, 1.82) is 0 Å². The number of nitrogens with one attached hydrogen (secondary N) is 2.